The van der Waals surface area contributed by atoms with Crippen LogP contribution in [0.4, 0.5) is 0 Å². The first-order valence-corrected chi connectivity index (χ1v) is 12.0. The zero-order valence-corrected chi connectivity index (χ0v) is 20.2. The first-order chi connectivity index (χ1) is 16.5. The maximum Gasteiger partial charge on any atom is 0.338 e. The third-order valence-corrected chi connectivity index (χ3v) is 6.37. The van der Waals surface area contributed by atoms with Crippen molar-refractivity contribution in [3.05, 3.63) is 103 Å². The van der Waals surface area contributed by atoms with Crippen molar-refractivity contribution >= 4 is 29.5 Å². The highest BCUT2D eigenvalue weighted by molar-refractivity contribution is 7.07. The maximum atomic E-state index is 13.6. The minimum atomic E-state index is -0.696. The summed E-state index contributed by atoms with van der Waals surface area (Å²) in [5, 5.41) is 0. The number of rotatable bonds is 7. The van der Waals surface area contributed by atoms with Crippen molar-refractivity contribution in [2.24, 2.45) is 4.99 Å². The average Bonchev–Trinajstić information content (AvgIpc) is 3.14. The van der Waals surface area contributed by atoms with Crippen LogP contribution >= 0.6 is 11.3 Å². The number of carbonyl (C=O) groups is 1. The van der Waals surface area contributed by atoms with Gasteiger partial charge in [0, 0.05) is 5.56 Å². The summed E-state index contributed by atoms with van der Waals surface area (Å²) >= 11 is 1.30. The highest BCUT2D eigenvalue weighted by Crippen LogP contribution is 2.35. The lowest BCUT2D eigenvalue weighted by atomic mass is 9.95. The van der Waals surface area contributed by atoms with Gasteiger partial charge in [0.05, 0.1) is 29.0 Å². The van der Waals surface area contributed by atoms with Crippen molar-refractivity contribution in [2.45, 2.75) is 26.8 Å². The number of nitrogens with zero attached hydrogens (tertiary/aromatic N) is 2. The monoisotopic (exact) mass is 474 g/mol. The second-order valence-corrected chi connectivity index (χ2v) is 8.57. The topological polar surface area (TPSA) is 69.9 Å². The summed E-state index contributed by atoms with van der Waals surface area (Å²) in [4.78, 5) is 31.7. The van der Waals surface area contributed by atoms with E-state index in [1.54, 1.807) is 24.5 Å². The average molecular weight is 475 g/mol. The molecule has 0 bridgehead atoms. The Morgan fingerprint density at radius 1 is 1.09 bits per heavy atom. The summed E-state index contributed by atoms with van der Waals surface area (Å²) in [6.07, 6.45) is 5.57. The molecule has 4 rings (SSSR count). The molecule has 3 aromatic rings. The van der Waals surface area contributed by atoms with Crippen molar-refractivity contribution in [3.63, 3.8) is 0 Å². The number of hydrogen-bond donors (Lipinski definition) is 0. The van der Waals surface area contributed by atoms with Crippen molar-refractivity contribution in [1.29, 1.82) is 0 Å². The molecule has 1 atom stereocenters. The van der Waals surface area contributed by atoms with Gasteiger partial charge in [0.15, 0.2) is 4.80 Å². The van der Waals surface area contributed by atoms with E-state index in [9.17, 15) is 9.59 Å². The lowest BCUT2D eigenvalue weighted by Crippen LogP contribution is -2.40. The number of esters is 1. The Morgan fingerprint density at radius 3 is 2.56 bits per heavy atom. The highest BCUT2D eigenvalue weighted by Gasteiger charge is 2.34. The number of benzene rings is 2. The molecule has 1 aliphatic heterocycles. The van der Waals surface area contributed by atoms with E-state index in [0.717, 1.165) is 5.56 Å². The van der Waals surface area contributed by atoms with Crippen LogP contribution in [0.5, 0.6) is 5.75 Å². The lowest BCUT2D eigenvalue weighted by molar-refractivity contribution is -0.139. The Hall–Kier alpha value is -3.71. The Balaban J connectivity index is 1.89. The summed E-state index contributed by atoms with van der Waals surface area (Å²) in [5.74, 6) is 0.128. The second-order valence-electron chi connectivity index (χ2n) is 7.57. The van der Waals surface area contributed by atoms with Gasteiger partial charge in [-0.2, -0.15) is 0 Å². The molecule has 2 heterocycles. The Kier molecular flexibility index (Phi) is 7.23. The molecule has 6 nitrogen and oxygen atoms in total. The van der Waals surface area contributed by atoms with Gasteiger partial charge < -0.3 is 9.47 Å². The molecule has 0 saturated carbocycles. The fraction of sp³-hybridized carbons (Fsp3) is 0.222. The zero-order chi connectivity index (χ0) is 24.1. The van der Waals surface area contributed by atoms with E-state index in [-0.39, 0.29) is 12.2 Å². The molecule has 0 spiro atoms. The normalized spacial score (nSPS) is 15.9. The van der Waals surface area contributed by atoms with Crippen molar-refractivity contribution in [2.75, 3.05) is 13.2 Å². The van der Waals surface area contributed by atoms with Crippen LogP contribution in [0.25, 0.3) is 12.2 Å². The molecule has 0 saturated heterocycles. The first-order valence-electron chi connectivity index (χ1n) is 11.2. The van der Waals surface area contributed by atoms with Crippen LogP contribution in [0.1, 0.15) is 37.9 Å². The third kappa shape index (κ3) is 4.65. The van der Waals surface area contributed by atoms with Gasteiger partial charge in [0.2, 0.25) is 0 Å². The van der Waals surface area contributed by atoms with Gasteiger partial charge >= 0.3 is 5.97 Å². The standard InChI is InChI=1S/C27H26N2O4S/c1-4-32-21-16-10-9-15-20(21)24-23(26(31)33-5-2)18(3)28-27-29(24)25(30)22(34-27)17-11-14-19-12-7-6-8-13-19/h6-17,24H,4-5H2,1-3H3/b14-11+,22-17-/t24-/m0/s1. The molecule has 7 heteroatoms. The number of aromatic nitrogens is 1. The number of allylic oxidation sites excluding steroid dienone is 2. The fourth-order valence-corrected chi connectivity index (χ4v) is 4.90. The van der Waals surface area contributed by atoms with Crippen LogP contribution in [-0.4, -0.2) is 23.8 Å². The molecule has 0 N–H and O–H groups in total. The van der Waals surface area contributed by atoms with Gasteiger partial charge in [-0.15, -0.1) is 0 Å². The van der Waals surface area contributed by atoms with Gasteiger partial charge in [-0.05, 0) is 38.5 Å². The lowest BCUT2D eigenvalue weighted by Gasteiger charge is -2.26. The van der Waals surface area contributed by atoms with Crippen LogP contribution < -0.4 is 19.6 Å². The van der Waals surface area contributed by atoms with Crippen LogP contribution in [-0.2, 0) is 9.53 Å². The van der Waals surface area contributed by atoms with Gasteiger partial charge in [0.25, 0.3) is 5.56 Å². The minimum Gasteiger partial charge on any atom is -0.494 e. The summed E-state index contributed by atoms with van der Waals surface area (Å²) in [6.45, 7) is 6.11. The Labute approximate surface area is 201 Å². The molecule has 0 fully saturated rings. The Morgan fingerprint density at radius 2 is 1.82 bits per heavy atom. The summed E-state index contributed by atoms with van der Waals surface area (Å²) in [6, 6.07) is 16.6. The van der Waals surface area contributed by atoms with Gasteiger partial charge in [0.1, 0.15) is 11.8 Å². The maximum absolute atomic E-state index is 13.6. The van der Waals surface area contributed by atoms with Crippen LogP contribution in [0.3, 0.4) is 0 Å². The summed E-state index contributed by atoms with van der Waals surface area (Å²) < 4.78 is 13.3. The highest BCUT2D eigenvalue weighted by atomic mass is 32.1. The minimum absolute atomic E-state index is 0.216. The van der Waals surface area contributed by atoms with E-state index in [4.69, 9.17) is 9.47 Å². The molecular weight excluding hydrogens is 448 g/mol. The van der Waals surface area contributed by atoms with E-state index in [2.05, 4.69) is 4.99 Å². The molecule has 1 aliphatic rings. The smallest absolute Gasteiger partial charge is 0.338 e. The van der Waals surface area contributed by atoms with Crippen LogP contribution in [0.15, 0.2) is 81.7 Å². The number of fused-ring (bicyclic) bond motifs is 1. The predicted molar refractivity (Wildman–Crippen MR) is 134 cm³/mol. The van der Waals surface area contributed by atoms with E-state index in [1.807, 2.05) is 73.7 Å². The quantitative estimate of drug-likeness (QED) is 0.488. The van der Waals surface area contributed by atoms with Crippen molar-refractivity contribution in [3.8, 4) is 5.75 Å². The van der Waals surface area contributed by atoms with E-state index < -0.39 is 12.0 Å². The predicted octanol–water partition coefficient (Wildman–Crippen LogP) is 3.86. The fourth-order valence-electron chi connectivity index (χ4n) is 3.90. The Bertz CT molecular complexity index is 1430. The molecule has 1 aromatic heterocycles. The summed E-state index contributed by atoms with van der Waals surface area (Å²) in [5.41, 5.74) is 2.41. The zero-order valence-electron chi connectivity index (χ0n) is 19.4. The van der Waals surface area contributed by atoms with Crippen LogP contribution in [0.2, 0.25) is 0 Å². The molecule has 34 heavy (non-hydrogen) atoms. The SMILES string of the molecule is CCOC(=O)C1=C(C)N=c2s/c(=C\C=C\c3ccccc3)c(=O)n2[C@H]1c1ccccc1OCC. The molecule has 0 aliphatic carbocycles. The largest absolute Gasteiger partial charge is 0.494 e. The second kappa shape index (κ2) is 10.5. The van der Waals surface area contributed by atoms with Crippen LogP contribution in [0, 0.1) is 0 Å². The first kappa shape index (κ1) is 23.4. The van der Waals surface area contributed by atoms with E-state index in [0.29, 0.717) is 38.5 Å². The number of para-hydroxylation sites is 1. The molecule has 174 valence electrons. The van der Waals surface area contributed by atoms with Crippen molar-refractivity contribution < 1.29 is 14.3 Å². The van der Waals surface area contributed by atoms with E-state index >= 15 is 0 Å². The van der Waals surface area contributed by atoms with Crippen molar-refractivity contribution in [1.82, 2.24) is 4.57 Å². The summed E-state index contributed by atoms with van der Waals surface area (Å²) in [7, 11) is 0. The van der Waals surface area contributed by atoms with Gasteiger partial charge in [-0.1, -0.05) is 72.0 Å². The number of ether oxygens (including phenoxy) is 2. The third-order valence-electron chi connectivity index (χ3n) is 5.37. The molecule has 0 amide bonds. The van der Waals surface area contributed by atoms with Gasteiger partial charge in [-0.25, -0.2) is 9.79 Å². The molecular formula is C27H26N2O4S. The van der Waals surface area contributed by atoms with Gasteiger partial charge in [-0.3, -0.25) is 9.36 Å². The molecule has 2 aromatic carbocycles. The molecule has 0 unspecified atom stereocenters. The molecule has 0 radical (unpaired) electrons. The van der Waals surface area contributed by atoms with E-state index in [1.165, 1.54) is 11.3 Å². The number of thiazole rings is 1. The number of hydrogen-bond acceptors (Lipinski definition) is 6. The number of carbonyl (C=O) groups excluding carboxylic acids is 1.